The van der Waals surface area contributed by atoms with Gasteiger partial charge in [0.2, 0.25) is 11.7 Å². The topological polar surface area (TPSA) is 82.0 Å². The Hall–Kier alpha value is -2.74. The Balaban J connectivity index is 1.51. The number of benzene rings is 1. The van der Waals surface area contributed by atoms with E-state index in [4.69, 9.17) is 4.52 Å². The molecule has 1 aromatic carbocycles. The third kappa shape index (κ3) is 3.20. The Labute approximate surface area is 154 Å². The third-order valence-corrected chi connectivity index (χ3v) is 4.99. The zero-order chi connectivity index (χ0) is 18.1. The molecule has 0 spiro atoms. The van der Waals surface area contributed by atoms with Gasteiger partial charge in [-0.1, -0.05) is 48.1 Å². The van der Waals surface area contributed by atoms with Crippen LogP contribution < -0.4 is 0 Å². The first-order chi connectivity index (χ1) is 12.6. The summed E-state index contributed by atoms with van der Waals surface area (Å²) in [7, 11) is 0. The summed E-state index contributed by atoms with van der Waals surface area (Å²) in [5.41, 5.74) is 4.20. The lowest BCUT2D eigenvalue weighted by Crippen LogP contribution is -1.97. The van der Waals surface area contributed by atoms with E-state index in [2.05, 4.69) is 44.4 Å². The minimum atomic E-state index is 0.522. The Kier molecular flexibility index (Phi) is 4.42. The maximum Gasteiger partial charge on any atom is 0.256 e. The smallest absolute Gasteiger partial charge is 0.256 e. The van der Waals surface area contributed by atoms with Crippen LogP contribution >= 0.6 is 11.8 Å². The zero-order valence-corrected chi connectivity index (χ0v) is 15.6. The van der Waals surface area contributed by atoms with E-state index in [1.165, 1.54) is 17.3 Å². The van der Waals surface area contributed by atoms with Crippen molar-refractivity contribution in [2.45, 2.75) is 38.1 Å². The molecule has 4 rings (SSSR count). The summed E-state index contributed by atoms with van der Waals surface area (Å²) in [4.78, 5) is 8.87. The van der Waals surface area contributed by atoms with Crippen LogP contribution in [0.4, 0.5) is 0 Å². The highest BCUT2D eigenvalue weighted by Gasteiger charge is 2.13. The summed E-state index contributed by atoms with van der Waals surface area (Å²) in [6.45, 7) is 6.09. The van der Waals surface area contributed by atoms with Crippen LogP contribution in [-0.2, 0) is 12.2 Å². The van der Waals surface area contributed by atoms with Gasteiger partial charge < -0.3 is 4.52 Å². The standard InChI is InChI=1S/C18H18N6OS/c1-4-13-5-7-14(8-6-13)16-20-15(25-23-16)10-26-18-22-21-17-19-11(2)9-12(3)24(17)18/h5-9H,4,10H2,1-3H3. The molecule has 3 aromatic heterocycles. The van der Waals surface area contributed by atoms with Gasteiger partial charge in [-0.2, -0.15) is 4.98 Å². The maximum absolute atomic E-state index is 5.38. The quantitative estimate of drug-likeness (QED) is 0.499. The third-order valence-electron chi connectivity index (χ3n) is 4.08. The number of nitrogens with zero attached hydrogens (tertiary/aromatic N) is 6. The molecular formula is C18H18N6OS. The highest BCUT2D eigenvalue weighted by Crippen LogP contribution is 2.24. The fourth-order valence-electron chi connectivity index (χ4n) is 2.74. The minimum absolute atomic E-state index is 0.522. The van der Waals surface area contributed by atoms with Crippen molar-refractivity contribution in [1.82, 2.24) is 29.7 Å². The summed E-state index contributed by atoms with van der Waals surface area (Å²) in [6, 6.07) is 10.2. The van der Waals surface area contributed by atoms with Gasteiger partial charge in [-0.05, 0) is 31.9 Å². The molecular weight excluding hydrogens is 348 g/mol. The summed E-state index contributed by atoms with van der Waals surface area (Å²) in [5.74, 6) is 2.28. The van der Waals surface area contributed by atoms with Crippen LogP contribution in [-0.4, -0.2) is 29.7 Å². The number of hydrogen-bond donors (Lipinski definition) is 0. The van der Waals surface area contributed by atoms with Crippen LogP contribution in [0.5, 0.6) is 0 Å². The van der Waals surface area contributed by atoms with E-state index < -0.39 is 0 Å². The fourth-order valence-corrected chi connectivity index (χ4v) is 3.56. The largest absolute Gasteiger partial charge is 0.338 e. The average molecular weight is 366 g/mol. The van der Waals surface area contributed by atoms with Crippen LogP contribution in [0.15, 0.2) is 40.0 Å². The molecule has 0 aliphatic heterocycles. The number of thioether (sulfide) groups is 1. The molecule has 7 nitrogen and oxygen atoms in total. The number of rotatable bonds is 5. The summed E-state index contributed by atoms with van der Waals surface area (Å²) >= 11 is 1.50. The van der Waals surface area contributed by atoms with E-state index in [1.54, 1.807) is 0 Å². The van der Waals surface area contributed by atoms with Gasteiger partial charge >= 0.3 is 0 Å². The highest BCUT2D eigenvalue weighted by atomic mass is 32.2. The molecule has 0 aliphatic rings. The first-order valence-electron chi connectivity index (χ1n) is 8.38. The minimum Gasteiger partial charge on any atom is -0.338 e. The van der Waals surface area contributed by atoms with Crippen molar-refractivity contribution < 1.29 is 4.52 Å². The second-order valence-corrected chi connectivity index (χ2v) is 6.95. The van der Waals surface area contributed by atoms with Crippen LogP contribution in [0, 0.1) is 13.8 Å². The fraction of sp³-hybridized carbons (Fsp3) is 0.278. The van der Waals surface area contributed by atoms with Crippen molar-refractivity contribution in [2.75, 3.05) is 0 Å². The number of aryl methyl sites for hydroxylation is 3. The van der Waals surface area contributed by atoms with Crippen molar-refractivity contribution >= 4 is 17.5 Å². The molecule has 0 atom stereocenters. The van der Waals surface area contributed by atoms with Crippen LogP contribution in [0.1, 0.15) is 29.8 Å². The molecule has 132 valence electrons. The SMILES string of the molecule is CCc1ccc(-c2noc(CSc3nnc4nc(C)cc(C)n34)n2)cc1. The molecule has 3 heterocycles. The van der Waals surface area contributed by atoms with Crippen molar-refractivity contribution in [3.63, 3.8) is 0 Å². The summed E-state index contributed by atoms with van der Waals surface area (Å²) in [6.07, 6.45) is 1.01. The van der Waals surface area contributed by atoms with Gasteiger partial charge in [0.25, 0.3) is 5.78 Å². The Morgan fingerprint density at radius 3 is 2.65 bits per heavy atom. The van der Waals surface area contributed by atoms with Crippen LogP contribution in [0.2, 0.25) is 0 Å². The van der Waals surface area contributed by atoms with Gasteiger partial charge in [-0.25, -0.2) is 4.98 Å². The monoisotopic (exact) mass is 366 g/mol. The molecule has 0 radical (unpaired) electrons. The van der Waals surface area contributed by atoms with E-state index in [1.807, 2.05) is 36.4 Å². The van der Waals surface area contributed by atoms with Crippen LogP contribution in [0.25, 0.3) is 17.2 Å². The normalized spacial score (nSPS) is 11.3. The predicted octanol–water partition coefficient (Wildman–Crippen LogP) is 3.65. The second-order valence-electron chi connectivity index (χ2n) is 6.01. The van der Waals surface area contributed by atoms with Gasteiger partial charge in [0, 0.05) is 17.0 Å². The average Bonchev–Trinajstić information content (AvgIpc) is 3.27. The van der Waals surface area contributed by atoms with Crippen molar-refractivity contribution in [1.29, 1.82) is 0 Å². The zero-order valence-electron chi connectivity index (χ0n) is 14.8. The Bertz CT molecular complexity index is 1050. The molecule has 0 bridgehead atoms. The molecule has 26 heavy (non-hydrogen) atoms. The van der Waals surface area contributed by atoms with Gasteiger partial charge in [0.15, 0.2) is 5.16 Å². The number of hydrogen-bond acceptors (Lipinski definition) is 7. The summed E-state index contributed by atoms with van der Waals surface area (Å²) < 4.78 is 7.31. The molecule has 0 unspecified atom stereocenters. The van der Waals surface area contributed by atoms with E-state index in [-0.39, 0.29) is 0 Å². The van der Waals surface area contributed by atoms with Gasteiger partial charge in [0.05, 0.1) is 5.75 Å². The van der Waals surface area contributed by atoms with Gasteiger partial charge in [-0.15, -0.1) is 10.2 Å². The molecule has 0 N–H and O–H groups in total. The van der Waals surface area contributed by atoms with Crippen LogP contribution in [0.3, 0.4) is 0 Å². The molecule has 0 fully saturated rings. The molecule has 0 saturated heterocycles. The lowest BCUT2D eigenvalue weighted by molar-refractivity contribution is 0.391. The van der Waals surface area contributed by atoms with E-state index in [0.29, 0.717) is 23.2 Å². The van der Waals surface area contributed by atoms with E-state index in [9.17, 15) is 0 Å². The number of aromatic nitrogens is 6. The summed E-state index contributed by atoms with van der Waals surface area (Å²) in [5, 5.41) is 13.2. The lowest BCUT2D eigenvalue weighted by Gasteiger charge is -2.02. The number of fused-ring (bicyclic) bond motifs is 1. The van der Waals surface area contributed by atoms with Crippen molar-refractivity contribution in [2.24, 2.45) is 0 Å². The van der Waals surface area contributed by atoms with E-state index in [0.717, 1.165) is 28.5 Å². The molecule has 0 saturated carbocycles. The van der Waals surface area contributed by atoms with Crippen molar-refractivity contribution in [3.05, 3.63) is 53.2 Å². The Morgan fingerprint density at radius 2 is 1.88 bits per heavy atom. The van der Waals surface area contributed by atoms with Crippen molar-refractivity contribution in [3.8, 4) is 11.4 Å². The molecule has 0 aliphatic carbocycles. The first kappa shape index (κ1) is 16.7. The Morgan fingerprint density at radius 1 is 1.08 bits per heavy atom. The van der Waals surface area contributed by atoms with Gasteiger partial charge in [-0.3, -0.25) is 4.40 Å². The predicted molar refractivity (Wildman–Crippen MR) is 98.9 cm³/mol. The lowest BCUT2D eigenvalue weighted by atomic mass is 10.1. The molecule has 4 aromatic rings. The molecule has 0 amide bonds. The first-order valence-corrected chi connectivity index (χ1v) is 9.36. The second kappa shape index (κ2) is 6.87. The molecule has 8 heteroatoms. The van der Waals surface area contributed by atoms with E-state index >= 15 is 0 Å². The highest BCUT2D eigenvalue weighted by molar-refractivity contribution is 7.98. The maximum atomic E-state index is 5.38. The van der Waals surface area contributed by atoms with Gasteiger partial charge in [0.1, 0.15) is 0 Å².